The summed E-state index contributed by atoms with van der Waals surface area (Å²) in [7, 11) is -4.92. The third kappa shape index (κ3) is 6.15. The van der Waals surface area contributed by atoms with Gasteiger partial charge in [-0.1, -0.05) is 0 Å². The minimum atomic E-state index is -4.92. The van der Waals surface area contributed by atoms with Crippen molar-refractivity contribution in [3.8, 4) is 0 Å². The number of rotatable bonds is 2. The van der Waals surface area contributed by atoms with Crippen molar-refractivity contribution >= 4 is 10.4 Å². The lowest BCUT2D eigenvalue weighted by Crippen LogP contribution is -2.55. The number of hydrogen-bond donors (Lipinski definition) is 1. The van der Waals surface area contributed by atoms with E-state index in [1.165, 1.54) is 0 Å². The highest BCUT2D eigenvalue weighted by molar-refractivity contribution is 7.79. The van der Waals surface area contributed by atoms with Crippen molar-refractivity contribution in [3.05, 3.63) is 28.4 Å². The molecule has 0 radical (unpaired) electrons. The van der Waals surface area contributed by atoms with E-state index in [4.69, 9.17) is 17.5 Å². The largest absolute Gasteiger partial charge is 0.726 e. The van der Waals surface area contributed by atoms with Gasteiger partial charge >= 0.3 is 5.69 Å². The second kappa shape index (κ2) is 6.48. The van der Waals surface area contributed by atoms with Gasteiger partial charge < -0.3 is 4.55 Å². The molecule has 1 heterocycles. The maximum Gasteiger partial charge on any atom is 0.498 e. The Bertz CT molecular complexity index is 513. The van der Waals surface area contributed by atoms with E-state index >= 15 is 0 Å². The molecule has 0 amide bonds. The topological polar surface area (TPSA) is 103 Å². The van der Waals surface area contributed by atoms with Gasteiger partial charge in [-0.25, -0.2) is 8.42 Å². The van der Waals surface area contributed by atoms with E-state index in [0.29, 0.717) is 0 Å². The molecule has 98 valence electrons. The van der Waals surface area contributed by atoms with Crippen LogP contribution in [0, 0.1) is 6.92 Å². The van der Waals surface area contributed by atoms with Crippen LogP contribution in [-0.2, 0) is 23.5 Å². The Hall–Kier alpha value is -1.25. The van der Waals surface area contributed by atoms with Gasteiger partial charge in [0.25, 0.3) is 0 Å². The summed E-state index contributed by atoms with van der Waals surface area (Å²) in [5.74, 6) is 0. The van der Waals surface area contributed by atoms with Crippen LogP contribution in [0.25, 0.3) is 0 Å². The molecule has 8 heteroatoms. The van der Waals surface area contributed by atoms with Crippen molar-refractivity contribution in [2.24, 2.45) is 0 Å². The normalized spacial score (nSPS) is 10.6. The second-order valence-corrected chi connectivity index (χ2v) is 4.05. The van der Waals surface area contributed by atoms with Crippen molar-refractivity contribution in [1.82, 2.24) is 4.57 Å². The molecule has 0 bridgehead atoms. The fourth-order valence-electron chi connectivity index (χ4n) is 1.28. The molecular formula is C9H16N2O5S. The minimum Gasteiger partial charge on any atom is -0.726 e. The average Bonchev–Trinajstić information content (AvgIpc) is 2.16. The molecule has 0 aliphatic carbocycles. The molecule has 0 unspecified atom stereocenters. The lowest BCUT2D eigenvalue weighted by atomic mass is 10.4. The zero-order valence-electron chi connectivity index (χ0n) is 9.95. The summed E-state index contributed by atoms with van der Waals surface area (Å²) < 4.78 is 36.3. The summed E-state index contributed by atoms with van der Waals surface area (Å²) in [5, 5.41) is 0. The van der Waals surface area contributed by atoms with Crippen molar-refractivity contribution < 1.29 is 22.1 Å². The van der Waals surface area contributed by atoms with Crippen LogP contribution in [0.1, 0.15) is 19.5 Å². The second-order valence-electron chi connectivity index (χ2n) is 3.20. The van der Waals surface area contributed by atoms with Gasteiger partial charge in [0.2, 0.25) is 10.4 Å². The molecule has 0 aromatic carbocycles. The molecule has 1 aromatic rings. The van der Waals surface area contributed by atoms with Gasteiger partial charge in [0.15, 0.2) is 0 Å². The quantitative estimate of drug-likeness (QED) is 0.440. The van der Waals surface area contributed by atoms with Gasteiger partial charge in [-0.15, -0.1) is 0 Å². The summed E-state index contributed by atoms with van der Waals surface area (Å²) in [6, 6.07) is 1.97. The third-order valence-electron chi connectivity index (χ3n) is 2.05. The van der Waals surface area contributed by atoms with Crippen LogP contribution in [0.2, 0.25) is 0 Å². The molecule has 17 heavy (non-hydrogen) atoms. The molecule has 0 aliphatic heterocycles. The minimum absolute atomic E-state index is 0.0833. The Balaban J connectivity index is 0.000000437. The maximum absolute atomic E-state index is 11.6. The van der Waals surface area contributed by atoms with E-state index in [9.17, 15) is 4.79 Å². The van der Waals surface area contributed by atoms with Gasteiger partial charge in [-0.05, 0) is 20.8 Å². The van der Waals surface area contributed by atoms with E-state index in [-0.39, 0.29) is 5.69 Å². The average molecular weight is 264 g/mol. The Labute approximate surface area is 99.9 Å². The molecule has 0 saturated carbocycles. The predicted octanol–water partition coefficient (Wildman–Crippen LogP) is -0.511. The first-order valence-electron chi connectivity index (χ1n) is 4.98. The number of hydrogen-bond acceptors (Lipinski definition) is 4. The first-order chi connectivity index (χ1) is 7.70. The number of aromatic nitrogens is 2. The van der Waals surface area contributed by atoms with Crippen LogP contribution in [-0.4, -0.2) is 22.1 Å². The summed E-state index contributed by atoms with van der Waals surface area (Å²) in [4.78, 5) is 11.6. The molecule has 1 rings (SSSR count). The molecule has 0 aliphatic rings. The Kier molecular flexibility index (Phi) is 6.00. The highest BCUT2D eigenvalue weighted by atomic mass is 32.3. The van der Waals surface area contributed by atoms with Gasteiger partial charge in [-0.3, -0.25) is 4.55 Å². The summed E-state index contributed by atoms with van der Waals surface area (Å²) in [6.07, 6.45) is 1.84. The summed E-state index contributed by atoms with van der Waals surface area (Å²) >= 11 is 0. The monoisotopic (exact) mass is 264 g/mol. The van der Waals surface area contributed by atoms with Crippen LogP contribution >= 0.6 is 0 Å². The molecule has 0 spiro atoms. The fraction of sp³-hybridized carbons (Fsp3) is 0.556. The van der Waals surface area contributed by atoms with Crippen molar-refractivity contribution in [1.29, 1.82) is 0 Å². The molecule has 0 atom stereocenters. The first kappa shape index (κ1) is 15.8. The highest BCUT2D eigenvalue weighted by Crippen LogP contribution is 1.84. The van der Waals surface area contributed by atoms with Crippen LogP contribution < -0.4 is 10.3 Å². The van der Waals surface area contributed by atoms with Crippen LogP contribution in [0.4, 0.5) is 0 Å². The van der Waals surface area contributed by atoms with Crippen LogP contribution in [0.5, 0.6) is 0 Å². The Morgan fingerprint density at radius 3 is 2.29 bits per heavy atom. The first-order valence-corrected chi connectivity index (χ1v) is 6.35. The zero-order valence-corrected chi connectivity index (χ0v) is 10.8. The highest BCUT2D eigenvalue weighted by Gasteiger charge is 2.09. The summed E-state index contributed by atoms with van der Waals surface area (Å²) in [6.45, 7) is 7.38. The summed E-state index contributed by atoms with van der Waals surface area (Å²) in [5.41, 5.74) is 1.10. The third-order valence-corrected chi connectivity index (χ3v) is 2.05. The molecule has 7 nitrogen and oxygen atoms in total. The maximum atomic E-state index is 11.6. The van der Waals surface area contributed by atoms with Crippen molar-refractivity contribution in [3.63, 3.8) is 0 Å². The Morgan fingerprint density at radius 2 is 1.94 bits per heavy atom. The van der Waals surface area contributed by atoms with E-state index in [0.717, 1.165) is 18.8 Å². The van der Waals surface area contributed by atoms with Gasteiger partial charge in [0.05, 0.1) is 19.3 Å². The lowest BCUT2D eigenvalue weighted by Gasteiger charge is -2.00. The van der Waals surface area contributed by atoms with E-state index < -0.39 is 10.4 Å². The standard InChI is InChI=1S/C9H15N2O.H2O4S/c1-4-10-7-6-8(3)11(5-2)9(10)12;1-5(2,3)4/h6-7H,4-5H2,1-3H3;(H2,1,2,3,4)/q+1;/p-1. The fourth-order valence-corrected chi connectivity index (χ4v) is 1.28. The van der Waals surface area contributed by atoms with E-state index in [1.54, 1.807) is 9.13 Å². The van der Waals surface area contributed by atoms with E-state index in [2.05, 4.69) is 0 Å². The molecule has 1 N–H and O–H groups in total. The van der Waals surface area contributed by atoms with Gasteiger partial charge in [-0.2, -0.15) is 13.9 Å². The molecular weight excluding hydrogens is 248 g/mol. The number of nitrogens with zero attached hydrogens (tertiary/aromatic N) is 2. The van der Waals surface area contributed by atoms with Gasteiger partial charge in [0, 0.05) is 6.07 Å². The molecule has 0 saturated heterocycles. The van der Waals surface area contributed by atoms with Crippen LogP contribution in [0.3, 0.4) is 0 Å². The van der Waals surface area contributed by atoms with Gasteiger partial charge in [0.1, 0.15) is 5.69 Å². The van der Waals surface area contributed by atoms with Crippen molar-refractivity contribution in [2.75, 3.05) is 0 Å². The smallest absolute Gasteiger partial charge is 0.498 e. The predicted molar refractivity (Wildman–Crippen MR) is 59.3 cm³/mol. The van der Waals surface area contributed by atoms with E-state index in [1.807, 2.05) is 33.0 Å². The van der Waals surface area contributed by atoms with Crippen molar-refractivity contribution in [2.45, 2.75) is 33.9 Å². The SMILES string of the molecule is CCn1ccc(C)[n+](CC)c1=O.O=S(=O)([O-])O. The van der Waals surface area contributed by atoms with Crippen LogP contribution in [0.15, 0.2) is 17.1 Å². The Morgan fingerprint density at radius 1 is 1.47 bits per heavy atom. The molecule has 1 aromatic heterocycles. The lowest BCUT2D eigenvalue weighted by molar-refractivity contribution is -0.718. The number of aryl methyl sites for hydroxylation is 2. The molecule has 0 fully saturated rings. The zero-order chi connectivity index (χ0) is 13.6.